The molecule has 90 valence electrons. The summed E-state index contributed by atoms with van der Waals surface area (Å²) in [4.78, 5) is 4.95. The third kappa shape index (κ3) is 3.65. The second kappa shape index (κ2) is 5.07. The number of likely N-dealkylation sites (tertiary alicyclic amines) is 1. The molecule has 0 aromatic rings. The van der Waals surface area contributed by atoms with Crippen molar-refractivity contribution in [3.05, 3.63) is 0 Å². The van der Waals surface area contributed by atoms with Crippen LogP contribution in [0.5, 0.6) is 0 Å². The third-order valence-corrected chi connectivity index (χ3v) is 4.25. The summed E-state index contributed by atoms with van der Waals surface area (Å²) in [7, 11) is 4.38. The fourth-order valence-electron chi connectivity index (χ4n) is 2.50. The Hall–Kier alpha value is 0.270. The van der Waals surface area contributed by atoms with Crippen LogP contribution in [-0.4, -0.2) is 55.3 Å². The molecule has 0 radical (unpaired) electrons. The Morgan fingerprint density at radius 1 is 1.33 bits per heavy atom. The van der Waals surface area contributed by atoms with E-state index in [0.717, 1.165) is 17.7 Å². The fourth-order valence-corrected chi connectivity index (χ4v) is 2.60. The van der Waals surface area contributed by atoms with E-state index in [2.05, 4.69) is 57.3 Å². The van der Waals surface area contributed by atoms with Gasteiger partial charge >= 0.3 is 0 Å². The first-order valence-corrected chi connectivity index (χ1v) is 6.48. The number of likely N-dealkylation sites (N-methyl/N-ethyl adjacent to an activating group) is 1. The van der Waals surface area contributed by atoms with Crippen molar-refractivity contribution < 1.29 is 0 Å². The maximum Gasteiger partial charge on any atom is 0.0254 e. The zero-order chi connectivity index (χ0) is 11.6. The fraction of sp³-hybridized carbons (Fsp3) is 1.00. The molecule has 1 heterocycles. The lowest BCUT2D eigenvalue weighted by Crippen LogP contribution is -2.37. The molecule has 0 aromatic heterocycles. The van der Waals surface area contributed by atoms with Crippen molar-refractivity contribution in [3.8, 4) is 0 Å². The van der Waals surface area contributed by atoms with Gasteiger partial charge in [0, 0.05) is 25.7 Å². The molecule has 1 rings (SSSR count). The van der Waals surface area contributed by atoms with Crippen molar-refractivity contribution in [1.82, 2.24) is 9.80 Å². The molecule has 0 amide bonds. The molecule has 3 heteroatoms. The van der Waals surface area contributed by atoms with E-state index in [1.165, 1.54) is 19.6 Å². The Labute approximate surface area is 100 Å². The van der Waals surface area contributed by atoms with Gasteiger partial charge in [-0.1, -0.05) is 20.8 Å². The molecule has 15 heavy (non-hydrogen) atoms. The Balaban J connectivity index is 2.48. The van der Waals surface area contributed by atoms with Gasteiger partial charge in [-0.2, -0.15) is 12.6 Å². The third-order valence-electron chi connectivity index (χ3n) is 3.39. The minimum atomic E-state index is 0.337. The second-order valence-corrected chi connectivity index (χ2v) is 6.34. The first-order valence-electron chi connectivity index (χ1n) is 5.85. The number of thiol groups is 1. The van der Waals surface area contributed by atoms with Crippen molar-refractivity contribution in [2.45, 2.75) is 26.8 Å². The Morgan fingerprint density at radius 3 is 2.33 bits per heavy atom. The molecular formula is C12H26N2S. The number of rotatable bonds is 4. The predicted octanol–water partition coefficient (Wildman–Crippen LogP) is 1.82. The normalized spacial score (nSPS) is 29.0. The summed E-state index contributed by atoms with van der Waals surface area (Å²) in [6.45, 7) is 10.6. The molecule has 0 saturated carbocycles. The highest BCUT2D eigenvalue weighted by molar-refractivity contribution is 7.80. The molecule has 2 atom stereocenters. The highest BCUT2D eigenvalue weighted by atomic mass is 32.1. The maximum atomic E-state index is 4.42. The molecule has 0 spiro atoms. The first-order chi connectivity index (χ1) is 6.85. The maximum absolute atomic E-state index is 4.42. The minimum absolute atomic E-state index is 0.337. The van der Waals surface area contributed by atoms with Crippen molar-refractivity contribution in [2.24, 2.45) is 11.3 Å². The Bertz CT molecular complexity index is 204. The molecule has 1 fully saturated rings. The van der Waals surface area contributed by atoms with Gasteiger partial charge in [0.2, 0.25) is 0 Å². The van der Waals surface area contributed by atoms with E-state index in [1.807, 2.05) is 0 Å². The smallest absolute Gasteiger partial charge is 0.0254 e. The SMILES string of the molecule is CC1CN(CC(C)(C)CS)CC1N(C)C. The van der Waals surface area contributed by atoms with Gasteiger partial charge in [-0.25, -0.2) is 0 Å². The van der Waals surface area contributed by atoms with E-state index < -0.39 is 0 Å². The van der Waals surface area contributed by atoms with Crippen LogP contribution >= 0.6 is 12.6 Å². The standard InChI is InChI=1S/C12H26N2S/c1-10-6-14(7-11(10)13(4)5)8-12(2,3)9-15/h10-11,15H,6-9H2,1-5H3. The van der Waals surface area contributed by atoms with Crippen molar-refractivity contribution in [1.29, 1.82) is 0 Å². The number of hydrogen-bond donors (Lipinski definition) is 1. The molecule has 0 bridgehead atoms. The Morgan fingerprint density at radius 2 is 1.93 bits per heavy atom. The zero-order valence-electron chi connectivity index (χ0n) is 10.8. The number of nitrogens with zero attached hydrogens (tertiary/aromatic N) is 2. The lowest BCUT2D eigenvalue weighted by Gasteiger charge is -2.29. The summed E-state index contributed by atoms with van der Waals surface area (Å²) in [6, 6.07) is 0.723. The van der Waals surface area contributed by atoms with Gasteiger partial charge in [0.05, 0.1) is 0 Å². The van der Waals surface area contributed by atoms with E-state index in [1.54, 1.807) is 0 Å². The van der Waals surface area contributed by atoms with Gasteiger partial charge < -0.3 is 9.80 Å². The zero-order valence-corrected chi connectivity index (χ0v) is 11.7. The summed E-state index contributed by atoms with van der Waals surface area (Å²) >= 11 is 4.42. The Kier molecular flexibility index (Phi) is 4.50. The van der Waals surface area contributed by atoms with Crippen molar-refractivity contribution >= 4 is 12.6 Å². The predicted molar refractivity (Wildman–Crippen MR) is 70.7 cm³/mol. The van der Waals surface area contributed by atoms with Crippen molar-refractivity contribution in [3.63, 3.8) is 0 Å². The first kappa shape index (κ1) is 13.3. The second-order valence-electron chi connectivity index (χ2n) is 6.02. The van der Waals surface area contributed by atoms with Crippen LogP contribution in [0.15, 0.2) is 0 Å². The molecule has 0 N–H and O–H groups in total. The number of hydrogen-bond acceptors (Lipinski definition) is 3. The minimum Gasteiger partial charge on any atom is -0.305 e. The van der Waals surface area contributed by atoms with Crippen LogP contribution in [0.25, 0.3) is 0 Å². The van der Waals surface area contributed by atoms with Crippen LogP contribution in [0, 0.1) is 11.3 Å². The summed E-state index contributed by atoms with van der Waals surface area (Å²) in [5, 5.41) is 0. The van der Waals surface area contributed by atoms with Crippen LogP contribution in [0.4, 0.5) is 0 Å². The van der Waals surface area contributed by atoms with Crippen LogP contribution < -0.4 is 0 Å². The van der Waals surface area contributed by atoms with E-state index >= 15 is 0 Å². The van der Waals surface area contributed by atoms with Crippen molar-refractivity contribution in [2.75, 3.05) is 39.5 Å². The monoisotopic (exact) mass is 230 g/mol. The van der Waals surface area contributed by atoms with Crippen LogP contribution in [0.2, 0.25) is 0 Å². The van der Waals surface area contributed by atoms with E-state index in [4.69, 9.17) is 0 Å². The quantitative estimate of drug-likeness (QED) is 0.736. The molecular weight excluding hydrogens is 204 g/mol. The highest BCUT2D eigenvalue weighted by Gasteiger charge is 2.33. The van der Waals surface area contributed by atoms with Gasteiger partial charge in [-0.3, -0.25) is 0 Å². The van der Waals surface area contributed by atoms with E-state index in [-0.39, 0.29) is 0 Å². The van der Waals surface area contributed by atoms with Gasteiger partial charge in [0.15, 0.2) is 0 Å². The molecule has 2 unspecified atom stereocenters. The van der Waals surface area contributed by atoms with Crippen LogP contribution in [0.3, 0.4) is 0 Å². The average molecular weight is 230 g/mol. The molecule has 1 saturated heterocycles. The summed E-state index contributed by atoms with van der Waals surface area (Å²) in [5.41, 5.74) is 0.337. The van der Waals surface area contributed by atoms with Crippen LogP contribution in [-0.2, 0) is 0 Å². The van der Waals surface area contributed by atoms with Gasteiger partial charge in [-0.15, -0.1) is 0 Å². The lowest BCUT2D eigenvalue weighted by atomic mass is 9.96. The summed E-state index contributed by atoms with van der Waals surface area (Å²) in [6.07, 6.45) is 0. The highest BCUT2D eigenvalue weighted by Crippen LogP contribution is 2.25. The van der Waals surface area contributed by atoms with Crippen LogP contribution in [0.1, 0.15) is 20.8 Å². The van der Waals surface area contributed by atoms with Gasteiger partial charge in [0.25, 0.3) is 0 Å². The largest absolute Gasteiger partial charge is 0.305 e. The summed E-state index contributed by atoms with van der Waals surface area (Å²) < 4.78 is 0. The van der Waals surface area contributed by atoms with Gasteiger partial charge in [-0.05, 0) is 31.2 Å². The lowest BCUT2D eigenvalue weighted by molar-refractivity contribution is 0.211. The van der Waals surface area contributed by atoms with E-state index in [0.29, 0.717) is 5.41 Å². The molecule has 0 aromatic carbocycles. The molecule has 2 nitrogen and oxygen atoms in total. The van der Waals surface area contributed by atoms with E-state index in [9.17, 15) is 0 Å². The topological polar surface area (TPSA) is 6.48 Å². The molecule has 1 aliphatic heterocycles. The molecule has 0 aliphatic carbocycles. The average Bonchev–Trinajstić information content (AvgIpc) is 2.46. The molecule has 1 aliphatic rings. The van der Waals surface area contributed by atoms with Gasteiger partial charge in [0.1, 0.15) is 0 Å². The summed E-state index contributed by atoms with van der Waals surface area (Å²) in [5.74, 6) is 1.75.